The minimum atomic E-state index is -1.20. The quantitative estimate of drug-likeness (QED) is 0.481. The zero-order chi connectivity index (χ0) is 7.40. The fourth-order valence-corrected chi connectivity index (χ4v) is 1.05. The Kier molecular flexibility index (Phi) is 6.50. The van der Waals surface area contributed by atoms with E-state index in [-0.39, 0.29) is 58.0 Å². The van der Waals surface area contributed by atoms with E-state index in [0.29, 0.717) is 5.75 Å². The summed E-state index contributed by atoms with van der Waals surface area (Å²) in [5.74, 6) is -0.625. The summed E-state index contributed by atoms with van der Waals surface area (Å²) in [7, 11) is 0. The molecule has 0 aliphatic rings. The molecule has 0 aromatic carbocycles. The van der Waals surface area contributed by atoms with Gasteiger partial charge in [-0.2, -0.15) is 0 Å². The van der Waals surface area contributed by atoms with Gasteiger partial charge in [0.2, 0.25) is 0 Å². The van der Waals surface area contributed by atoms with Gasteiger partial charge in [0.25, 0.3) is 0 Å². The molecule has 0 amide bonds. The molecule has 0 bridgehead atoms. The molecule has 1 heterocycles. The summed E-state index contributed by atoms with van der Waals surface area (Å²) in [6, 6.07) is 1.70. The van der Waals surface area contributed by atoms with Crippen molar-refractivity contribution in [3.05, 3.63) is 16.8 Å². The third-order valence-electron chi connectivity index (χ3n) is 0.852. The van der Waals surface area contributed by atoms with Crippen LogP contribution in [-0.4, -0.2) is 12.6 Å². The second-order valence-electron chi connectivity index (χ2n) is 1.62. The smallest absolute Gasteiger partial charge is 0.546 e. The van der Waals surface area contributed by atoms with E-state index in [4.69, 9.17) is 4.74 Å². The molecule has 0 saturated carbocycles. The Bertz CT molecular complexity index is 210. The van der Waals surface area contributed by atoms with Gasteiger partial charge in [-0.1, -0.05) is 0 Å². The Balaban J connectivity index is 0.000001000. The van der Waals surface area contributed by atoms with Crippen molar-refractivity contribution in [2.75, 3.05) is 6.61 Å². The standard InChI is InChI=1S/C6H6O3S.K/c7-6(8)3-9-5-1-2-10-4-5;/h1-2,4H,3H2,(H,7,8);/q;+1/p-1. The van der Waals surface area contributed by atoms with Gasteiger partial charge in [0, 0.05) is 5.38 Å². The number of carbonyl (C=O) groups excluding carboxylic acids is 1. The summed E-state index contributed by atoms with van der Waals surface area (Å²) in [5.41, 5.74) is 0. The number of carboxylic acids is 1. The van der Waals surface area contributed by atoms with E-state index < -0.39 is 5.97 Å². The predicted octanol–water partition coefficient (Wildman–Crippen LogP) is -3.12. The molecular weight excluding hydrogens is 191 g/mol. The van der Waals surface area contributed by atoms with Crippen LogP contribution in [0.25, 0.3) is 0 Å². The van der Waals surface area contributed by atoms with E-state index >= 15 is 0 Å². The number of carbonyl (C=O) groups is 1. The minimum absolute atomic E-state index is 0. The molecule has 0 N–H and O–H groups in total. The molecule has 54 valence electrons. The Morgan fingerprint density at radius 1 is 1.73 bits per heavy atom. The van der Waals surface area contributed by atoms with Crippen LogP contribution < -0.4 is 61.2 Å². The van der Waals surface area contributed by atoms with Gasteiger partial charge in [0.05, 0.1) is 5.97 Å². The molecule has 0 fully saturated rings. The number of carboxylic acid groups (broad SMARTS) is 1. The molecule has 5 heteroatoms. The number of ether oxygens (including phenoxy) is 1. The Morgan fingerprint density at radius 2 is 2.45 bits per heavy atom. The molecule has 0 radical (unpaired) electrons. The molecule has 1 aromatic rings. The van der Waals surface area contributed by atoms with Crippen molar-refractivity contribution < 1.29 is 66.0 Å². The zero-order valence-electron chi connectivity index (χ0n) is 6.07. The van der Waals surface area contributed by atoms with Crippen molar-refractivity contribution in [1.29, 1.82) is 0 Å². The van der Waals surface area contributed by atoms with Crippen molar-refractivity contribution in [2.24, 2.45) is 0 Å². The van der Waals surface area contributed by atoms with Crippen molar-refractivity contribution >= 4 is 17.3 Å². The summed E-state index contributed by atoms with van der Waals surface area (Å²) < 4.78 is 4.76. The summed E-state index contributed by atoms with van der Waals surface area (Å²) in [6.07, 6.45) is 0. The van der Waals surface area contributed by atoms with Crippen LogP contribution in [0.15, 0.2) is 16.8 Å². The van der Waals surface area contributed by atoms with Gasteiger partial charge in [0.1, 0.15) is 12.4 Å². The van der Waals surface area contributed by atoms with E-state index in [1.54, 1.807) is 11.4 Å². The summed E-state index contributed by atoms with van der Waals surface area (Å²) in [4.78, 5) is 9.86. The molecule has 0 spiro atoms. The minimum Gasteiger partial charge on any atom is -0.546 e. The van der Waals surface area contributed by atoms with Gasteiger partial charge in [-0.15, -0.1) is 11.3 Å². The number of hydrogen-bond donors (Lipinski definition) is 0. The Labute approximate surface area is 111 Å². The molecule has 3 nitrogen and oxygen atoms in total. The first-order chi connectivity index (χ1) is 4.79. The van der Waals surface area contributed by atoms with Crippen LogP contribution in [0, 0.1) is 0 Å². The van der Waals surface area contributed by atoms with Crippen LogP contribution in [0.2, 0.25) is 0 Å². The van der Waals surface area contributed by atoms with Crippen LogP contribution in [0.3, 0.4) is 0 Å². The second kappa shape index (κ2) is 6.16. The van der Waals surface area contributed by atoms with Crippen molar-refractivity contribution in [1.82, 2.24) is 0 Å². The number of thiophene rings is 1. The third-order valence-corrected chi connectivity index (χ3v) is 1.51. The van der Waals surface area contributed by atoms with Crippen LogP contribution in [0.4, 0.5) is 0 Å². The van der Waals surface area contributed by atoms with E-state index in [0.717, 1.165) is 0 Å². The Hall–Kier alpha value is 0.606. The van der Waals surface area contributed by atoms with Crippen molar-refractivity contribution in [3.8, 4) is 5.75 Å². The fraction of sp³-hybridized carbons (Fsp3) is 0.167. The van der Waals surface area contributed by atoms with Crippen molar-refractivity contribution in [3.63, 3.8) is 0 Å². The summed E-state index contributed by atoms with van der Waals surface area (Å²) in [6.45, 7) is -0.378. The molecule has 0 unspecified atom stereocenters. The maximum absolute atomic E-state index is 9.86. The second-order valence-corrected chi connectivity index (χ2v) is 2.40. The first-order valence-electron chi connectivity index (χ1n) is 2.64. The SMILES string of the molecule is O=C([O-])COc1ccsc1.[K+]. The van der Waals surface area contributed by atoms with Gasteiger partial charge in [-0.3, -0.25) is 0 Å². The number of rotatable bonds is 3. The normalized spacial score (nSPS) is 8.36. The van der Waals surface area contributed by atoms with Gasteiger partial charge in [-0.25, -0.2) is 0 Å². The topological polar surface area (TPSA) is 49.4 Å². The number of aliphatic carboxylic acids is 1. The van der Waals surface area contributed by atoms with Gasteiger partial charge in [0.15, 0.2) is 0 Å². The average molecular weight is 196 g/mol. The van der Waals surface area contributed by atoms with Crippen LogP contribution in [-0.2, 0) is 4.79 Å². The van der Waals surface area contributed by atoms with Crippen LogP contribution >= 0.6 is 11.3 Å². The first-order valence-corrected chi connectivity index (χ1v) is 3.58. The molecule has 0 atom stereocenters. The molecule has 0 aliphatic heterocycles. The predicted molar refractivity (Wildman–Crippen MR) is 34.8 cm³/mol. The van der Waals surface area contributed by atoms with E-state index in [2.05, 4.69) is 0 Å². The van der Waals surface area contributed by atoms with E-state index in [9.17, 15) is 9.90 Å². The monoisotopic (exact) mass is 196 g/mol. The van der Waals surface area contributed by atoms with Gasteiger partial charge >= 0.3 is 51.4 Å². The molecule has 11 heavy (non-hydrogen) atoms. The van der Waals surface area contributed by atoms with Crippen LogP contribution in [0.1, 0.15) is 0 Å². The molecule has 1 aromatic heterocycles. The summed E-state index contributed by atoms with van der Waals surface area (Å²) in [5, 5.41) is 13.4. The Morgan fingerprint density at radius 3 is 2.91 bits per heavy atom. The summed E-state index contributed by atoms with van der Waals surface area (Å²) >= 11 is 1.45. The van der Waals surface area contributed by atoms with Gasteiger partial charge in [-0.05, 0) is 11.4 Å². The van der Waals surface area contributed by atoms with Gasteiger partial charge < -0.3 is 14.6 Å². The zero-order valence-corrected chi connectivity index (χ0v) is 10.0. The fourth-order valence-electron chi connectivity index (χ4n) is 0.476. The third kappa shape index (κ3) is 4.94. The molecular formula is C6H5KO3S. The molecule has 0 saturated heterocycles. The largest absolute Gasteiger partial charge is 1.00 e. The van der Waals surface area contributed by atoms with E-state index in [1.165, 1.54) is 11.3 Å². The average Bonchev–Trinajstić information content (AvgIpc) is 2.34. The first kappa shape index (κ1) is 11.6. The maximum atomic E-state index is 9.86. The maximum Gasteiger partial charge on any atom is 1.00 e. The van der Waals surface area contributed by atoms with Crippen molar-refractivity contribution in [2.45, 2.75) is 0 Å². The van der Waals surface area contributed by atoms with Crippen LogP contribution in [0.5, 0.6) is 5.75 Å². The number of hydrogen-bond acceptors (Lipinski definition) is 4. The molecule has 0 aliphatic carbocycles. The van der Waals surface area contributed by atoms with E-state index in [1.807, 2.05) is 5.38 Å². The molecule has 1 rings (SSSR count).